The van der Waals surface area contributed by atoms with Gasteiger partial charge in [-0.3, -0.25) is 0 Å². The summed E-state index contributed by atoms with van der Waals surface area (Å²) in [6.07, 6.45) is 1.75. The molecule has 0 spiro atoms. The largest absolute Gasteiger partial charge is 0.491 e. The third-order valence-corrected chi connectivity index (χ3v) is 3.31. The third kappa shape index (κ3) is 3.90. The van der Waals surface area contributed by atoms with Gasteiger partial charge >= 0.3 is 0 Å². The topological polar surface area (TPSA) is 21.3 Å². The Morgan fingerprint density at radius 2 is 2.00 bits per heavy atom. The van der Waals surface area contributed by atoms with Crippen LogP contribution in [0.15, 0.2) is 24.3 Å². The second-order valence-corrected chi connectivity index (χ2v) is 5.39. The fourth-order valence-corrected chi connectivity index (χ4v) is 2.41. The van der Waals surface area contributed by atoms with Gasteiger partial charge in [0, 0.05) is 18.0 Å². The van der Waals surface area contributed by atoms with Gasteiger partial charge < -0.3 is 10.1 Å². The Balaban J connectivity index is 2.02. The van der Waals surface area contributed by atoms with Crippen molar-refractivity contribution in [3.63, 3.8) is 0 Å². The third-order valence-electron chi connectivity index (χ3n) is 3.31. The fourth-order valence-electron chi connectivity index (χ4n) is 2.41. The van der Waals surface area contributed by atoms with E-state index < -0.39 is 5.92 Å². The Bertz CT molecular complexity index is 397. The zero-order valence-corrected chi connectivity index (χ0v) is 11.5. The summed E-state index contributed by atoms with van der Waals surface area (Å²) in [7, 11) is 0. The van der Waals surface area contributed by atoms with Gasteiger partial charge in [0.15, 0.2) is 0 Å². The number of alkyl halides is 2. The maximum Gasteiger partial charge on any atom is 0.274 e. The molecule has 0 saturated carbocycles. The van der Waals surface area contributed by atoms with Crippen LogP contribution in [0.2, 0.25) is 0 Å². The van der Waals surface area contributed by atoms with Crippen LogP contribution in [0.5, 0.6) is 5.75 Å². The van der Waals surface area contributed by atoms with E-state index in [9.17, 15) is 8.78 Å². The van der Waals surface area contributed by atoms with Crippen LogP contribution < -0.4 is 10.1 Å². The lowest BCUT2D eigenvalue weighted by molar-refractivity contribution is -0.0213. The zero-order valence-electron chi connectivity index (χ0n) is 11.5. The summed E-state index contributed by atoms with van der Waals surface area (Å²) < 4.78 is 33.7. The van der Waals surface area contributed by atoms with Crippen LogP contribution in [0.1, 0.15) is 38.7 Å². The van der Waals surface area contributed by atoms with Gasteiger partial charge in [-0.2, -0.15) is 0 Å². The van der Waals surface area contributed by atoms with E-state index in [2.05, 4.69) is 5.32 Å². The Labute approximate surface area is 113 Å². The van der Waals surface area contributed by atoms with Crippen LogP contribution >= 0.6 is 0 Å². The molecule has 19 heavy (non-hydrogen) atoms. The first-order valence-corrected chi connectivity index (χ1v) is 6.86. The second-order valence-electron chi connectivity index (χ2n) is 5.39. The van der Waals surface area contributed by atoms with Crippen molar-refractivity contribution in [3.8, 4) is 5.75 Å². The van der Waals surface area contributed by atoms with Gasteiger partial charge in [0.2, 0.25) is 0 Å². The summed E-state index contributed by atoms with van der Waals surface area (Å²) in [4.78, 5) is 0. The van der Waals surface area contributed by atoms with Crippen molar-refractivity contribution in [2.75, 3.05) is 6.54 Å². The lowest BCUT2D eigenvalue weighted by atomic mass is 10.00. The number of halogens is 2. The monoisotopic (exact) mass is 269 g/mol. The number of nitrogens with one attached hydrogen (secondary N) is 1. The highest BCUT2D eigenvalue weighted by Crippen LogP contribution is 2.35. The first kappa shape index (κ1) is 14.3. The molecule has 106 valence electrons. The van der Waals surface area contributed by atoms with Crippen LogP contribution in [-0.4, -0.2) is 18.7 Å². The van der Waals surface area contributed by atoms with Crippen molar-refractivity contribution in [2.24, 2.45) is 0 Å². The molecular formula is C15H21F2NO. The van der Waals surface area contributed by atoms with E-state index in [4.69, 9.17) is 4.74 Å². The summed E-state index contributed by atoms with van der Waals surface area (Å²) in [6.45, 7) is 4.67. The smallest absolute Gasteiger partial charge is 0.274 e. The van der Waals surface area contributed by atoms with E-state index in [1.807, 2.05) is 13.8 Å². The summed E-state index contributed by atoms with van der Waals surface area (Å²) in [6, 6.07) is 6.09. The Kier molecular flexibility index (Phi) is 4.40. The van der Waals surface area contributed by atoms with Crippen molar-refractivity contribution >= 4 is 0 Å². The number of hydrogen-bond acceptors (Lipinski definition) is 2. The molecule has 4 heteroatoms. The predicted octanol–water partition coefficient (Wildman–Crippen LogP) is 3.71. The normalized spacial score (nSPS) is 19.9. The van der Waals surface area contributed by atoms with Gasteiger partial charge in [0.05, 0.1) is 6.10 Å². The average molecular weight is 269 g/mol. The molecule has 1 heterocycles. The van der Waals surface area contributed by atoms with E-state index in [0.717, 1.165) is 19.4 Å². The van der Waals surface area contributed by atoms with Crippen LogP contribution in [0.4, 0.5) is 8.78 Å². The molecule has 1 N–H and O–H groups in total. The van der Waals surface area contributed by atoms with E-state index in [1.165, 1.54) is 12.1 Å². The predicted molar refractivity (Wildman–Crippen MR) is 71.7 cm³/mol. The SMILES string of the molecule is CC(C)Oc1ccc(C(F)(F)CC2CCCN2)cc1. The highest BCUT2D eigenvalue weighted by molar-refractivity contribution is 5.30. The quantitative estimate of drug-likeness (QED) is 0.880. The van der Waals surface area contributed by atoms with Crippen molar-refractivity contribution < 1.29 is 13.5 Å². The molecule has 0 aromatic heterocycles. The van der Waals surface area contributed by atoms with Gasteiger partial charge in [0.25, 0.3) is 5.92 Å². The van der Waals surface area contributed by atoms with Gasteiger partial charge in [-0.15, -0.1) is 0 Å². The summed E-state index contributed by atoms with van der Waals surface area (Å²) in [5.41, 5.74) is 0.0670. The Morgan fingerprint density at radius 1 is 1.32 bits per heavy atom. The molecule has 2 nitrogen and oxygen atoms in total. The van der Waals surface area contributed by atoms with E-state index in [-0.39, 0.29) is 24.1 Å². The van der Waals surface area contributed by atoms with E-state index in [0.29, 0.717) is 5.75 Å². The summed E-state index contributed by atoms with van der Waals surface area (Å²) >= 11 is 0. The molecule has 0 aliphatic carbocycles. The summed E-state index contributed by atoms with van der Waals surface area (Å²) in [5.74, 6) is -2.15. The standard InChI is InChI=1S/C15H21F2NO/c1-11(2)19-14-7-5-12(6-8-14)15(16,17)10-13-4-3-9-18-13/h5-8,11,13,18H,3-4,9-10H2,1-2H3. The number of benzene rings is 1. The molecule has 1 fully saturated rings. The molecule has 1 aromatic carbocycles. The molecule has 0 radical (unpaired) electrons. The van der Waals surface area contributed by atoms with E-state index >= 15 is 0 Å². The van der Waals surface area contributed by atoms with Crippen molar-refractivity contribution in [2.45, 2.75) is 51.2 Å². The lowest BCUT2D eigenvalue weighted by Gasteiger charge is -2.21. The molecule has 1 saturated heterocycles. The van der Waals surface area contributed by atoms with Crippen LogP contribution in [0, 0.1) is 0 Å². The Morgan fingerprint density at radius 3 is 2.53 bits per heavy atom. The van der Waals surface area contributed by atoms with E-state index in [1.54, 1.807) is 12.1 Å². The molecule has 1 atom stereocenters. The van der Waals surface area contributed by atoms with Gasteiger partial charge in [-0.05, 0) is 57.5 Å². The maximum atomic E-state index is 14.1. The van der Waals surface area contributed by atoms with Crippen LogP contribution in [0.25, 0.3) is 0 Å². The van der Waals surface area contributed by atoms with Crippen molar-refractivity contribution in [3.05, 3.63) is 29.8 Å². The molecule has 2 rings (SSSR count). The highest BCUT2D eigenvalue weighted by Gasteiger charge is 2.35. The average Bonchev–Trinajstić information content (AvgIpc) is 2.81. The first-order chi connectivity index (χ1) is 8.97. The minimum absolute atomic E-state index is 0.0500. The van der Waals surface area contributed by atoms with Crippen LogP contribution in [0.3, 0.4) is 0 Å². The number of rotatable bonds is 5. The molecule has 1 aromatic rings. The van der Waals surface area contributed by atoms with Gasteiger partial charge in [-0.25, -0.2) is 8.78 Å². The minimum Gasteiger partial charge on any atom is -0.491 e. The van der Waals surface area contributed by atoms with Gasteiger partial charge in [-0.1, -0.05) is 0 Å². The maximum absolute atomic E-state index is 14.1. The lowest BCUT2D eigenvalue weighted by Crippen LogP contribution is -2.29. The van der Waals surface area contributed by atoms with Crippen molar-refractivity contribution in [1.29, 1.82) is 0 Å². The zero-order chi connectivity index (χ0) is 13.9. The summed E-state index contributed by atoms with van der Waals surface area (Å²) in [5, 5.41) is 3.12. The first-order valence-electron chi connectivity index (χ1n) is 6.86. The molecule has 1 aliphatic heterocycles. The Hall–Kier alpha value is -1.16. The molecule has 1 aliphatic rings. The van der Waals surface area contributed by atoms with Gasteiger partial charge in [0.1, 0.15) is 5.75 Å². The number of ether oxygens (including phenoxy) is 1. The second kappa shape index (κ2) is 5.87. The molecule has 1 unspecified atom stereocenters. The van der Waals surface area contributed by atoms with Crippen molar-refractivity contribution in [1.82, 2.24) is 5.32 Å². The fraction of sp³-hybridized carbons (Fsp3) is 0.600. The molecular weight excluding hydrogens is 248 g/mol. The highest BCUT2D eigenvalue weighted by atomic mass is 19.3. The number of hydrogen-bond donors (Lipinski definition) is 1. The molecule has 0 amide bonds. The van der Waals surface area contributed by atoms with Crippen LogP contribution in [-0.2, 0) is 5.92 Å². The minimum atomic E-state index is -2.78. The molecule has 0 bridgehead atoms.